The van der Waals surface area contributed by atoms with Gasteiger partial charge in [0.05, 0.1) is 11.2 Å². The van der Waals surface area contributed by atoms with Crippen molar-refractivity contribution in [3.05, 3.63) is 35.9 Å². The molecular formula is C22H29ClN2O3S. The van der Waals surface area contributed by atoms with Crippen LogP contribution < -0.4 is 0 Å². The summed E-state index contributed by atoms with van der Waals surface area (Å²) in [6.45, 7) is 1.74. The molecule has 1 heterocycles. The molecule has 4 saturated carbocycles. The van der Waals surface area contributed by atoms with Gasteiger partial charge in [-0.15, -0.1) is 11.6 Å². The molecule has 1 aromatic rings. The van der Waals surface area contributed by atoms with Gasteiger partial charge in [-0.3, -0.25) is 4.79 Å². The van der Waals surface area contributed by atoms with Gasteiger partial charge in [0.15, 0.2) is 0 Å². The van der Waals surface area contributed by atoms with Crippen molar-refractivity contribution in [2.24, 2.45) is 17.3 Å². The number of sulfonamides is 1. The largest absolute Gasteiger partial charge is 0.340 e. The summed E-state index contributed by atoms with van der Waals surface area (Å²) in [7, 11) is -3.37. The van der Waals surface area contributed by atoms with Crippen molar-refractivity contribution in [3.8, 4) is 0 Å². The van der Waals surface area contributed by atoms with Crippen LogP contribution in [0.3, 0.4) is 0 Å². The van der Waals surface area contributed by atoms with Crippen LogP contribution >= 0.6 is 11.6 Å². The summed E-state index contributed by atoms with van der Waals surface area (Å²) in [4.78, 5) is 15.3. The topological polar surface area (TPSA) is 57.7 Å². The third-order valence-electron chi connectivity index (χ3n) is 7.55. The molecule has 1 saturated heterocycles. The van der Waals surface area contributed by atoms with E-state index < -0.39 is 10.0 Å². The molecule has 5 aliphatic rings. The second-order valence-electron chi connectivity index (χ2n) is 9.83. The number of amides is 1. The van der Waals surface area contributed by atoms with Gasteiger partial charge in [0.25, 0.3) is 0 Å². The molecule has 0 radical (unpaired) electrons. The Hall–Kier alpha value is -1.11. The summed E-state index contributed by atoms with van der Waals surface area (Å²) >= 11 is 6.91. The molecule has 7 heteroatoms. The molecule has 2 atom stereocenters. The van der Waals surface area contributed by atoms with Gasteiger partial charge in [0, 0.05) is 31.1 Å². The van der Waals surface area contributed by atoms with Gasteiger partial charge < -0.3 is 4.90 Å². The number of carbonyl (C=O) groups excluding carboxylic acids is 1. The summed E-state index contributed by atoms with van der Waals surface area (Å²) in [6.07, 6.45) is 6.11. The van der Waals surface area contributed by atoms with Crippen LogP contribution in [0.1, 0.15) is 44.1 Å². The summed E-state index contributed by atoms with van der Waals surface area (Å²) in [5.74, 6) is 1.43. The van der Waals surface area contributed by atoms with Crippen LogP contribution in [0, 0.1) is 17.3 Å². The highest BCUT2D eigenvalue weighted by Crippen LogP contribution is 2.64. The number of piperazine rings is 1. The van der Waals surface area contributed by atoms with Crippen molar-refractivity contribution in [2.75, 3.05) is 26.2 Å². The number of nitrogens with zero attached hydrogens (tertiary/aromatic N) is 2. The normalized spacial score (nSPS) is 37.1. The first kappa shape index (κ1) is 19.8. The summed E-state index contributed by atoms with van der Waals surface area (Å²) in [6, 6.07) is 9.28. The molecule has 4 aliphatic carbocycles. The monoisotopic (exact) mass is 436 g/mol. The van der Waals surface area contributed by atoms with Crippen LogP contribution in [-0.2, 0) is 20.6 Å². The van der Waals surface area contributed by atoms with Crippen LogP contribution in [0.4, 0.5) is 0 Å². The Morgan fingerprint density at radius 2 is 1.62 bits per heavy atom. The fourth-order valence-electron chi connectivity index (χ4n) is 6.78. The molecule has 29 heavy (non-hydrogen) atoms. The Morgan fingerprint density at radius 3 is 2.21 bits per heavy atom. The van der Waals surface area contributed by atoms with Gasteiger partial charge in [-0.25, -0.2) is 8.42 Å². The predicted octanol–water partition coefficient (Wildman–Crippen LogP) is 3.24. The Labute approximate surface area is 178 Å². The average molecular weight is 437 g/mol. The van der Waals surface area contributed by atoms with Crippen molar-refractivity contribution in [2.45, 2.75) is 49.2 Å². The highest BCUT2D eigenvalue weighted by molar-refractivity contribution is 7.88. The highest BCUT2D eigenvalue weighted by atomic mass is 35.5. The smallest absolute Gasteiger partial charge is 0.228 e. The fraction of sp³-hybridized carbons (Fsp3) is 0.682. The molecular weight excluding hydrogens is 408 g/mol. The van der Waals surface area contributed by atoms with E-state index in [0.717, 1.165) is 37.7 Å². The predicted molar refractivity (Wildman–Crippen MR) is 113 cm³/mol. The van der Waals surface area contributed by atoms with Gasteiger partial charge in [0.2, 0.25) is 15.9 Å². The van der Waals surface area contributed by atoms with Gasteiger partial charge in [-0.05, 0) is 55.9 Å². The molecule has 4 bridgehead atoms. The lowest BCUT2D eigenvalue weighted by Crippen LogP contribution is -2.61. The molecule has 1 amide bonds. The summed E-state index contributed by atoms with van der Waals surface area (Å²) in [5, 5.41) is 0. The van der Waals surface area contributed by atoms with E-state index in [1.54, 1.807) is 4.31 Å². The van der Waals surface area contributed by atoms with Gasteiger partial charge >= 0.3 is 0 Å². The molecule has 1 aliphatic heterocycles. The number of hydrogen-bond acceptors (Lipinski definition) is 3. The molecule has 1 aromatic carbocycles. The van der Waals surface area contributed by atoms with Crippen molar-refractivity contribution in [3.63, 3.8) is 0 Å². The SMILES string of the molecule is O=C(N1CCN(S(=O)(=O)Cc2ccccc2)CC1)C12CC3CC(CC(Cl)(C3)C1)C2. The van der Waals surface area contributed by atoms with E-state index in [4.69, 9.17) is 11.6 Å². The third kappa shape index (κ3) is 3.61. The van der Waals surface area contributed by atoms with E-state index in [1.165, 1.54) is 6.42 Å². The van der Waals surface area contributed by atoms with Crippen LogP contribution in [0.5, 0.6) is 0 Å². The zero-order valence-corrected chi connectivity index (χ0v) is 18.3. The maximum atomic E-state index is 13.5. The lowest BCUT2D eigenvalue weighted by atomic mass is 9.49. The van der Waals surface area contributed by atoms with Gasteiger partial charge in [0.1, 0.15) is 0 Å². The Morgan fingerprint density at radius 1 is 1.00 bits per heavy atom. The number of carbonyl (C=O) groups is 1. The fourth-order valence-corrected chi connectivity index (χ4v) is 8.99. The quantitative estimate of drug-likeness (QED) is 0.681. The van der Waals surface area contributed by atoms with Gasteiger partial charge in [-0.2, -0.15) is 4.31 Å². The highest BCUT2D eigenvalue weighted by Gasteiger charge is 2.60. The molecule has 0 N–H and O–H groups in total. The van der Waals surface area contributed by atoms with Crippen LogP contribution in [0.2, 0.25) is 0 Å². The molecule has 5 fully saturated rings. The zero-order valence-electron chi connectivity index (χ0n) is 16.7. The minimum atomic E-state index is -3.37. The number of rotatable bonds is 4. The van der Waals surface area contributed by atoms with Crippen molar-refractivity contribution < 1.29 is 13.2 Å². The van der Waals surface area contributed by atoms with Crippen molar-refractivity contribution >= 4 is 27.5 Å². The first-order valence-electron chi connectivity index (χ1n) is 10.8. The lowest BCUT2D eigenvalue weighted by Gasteiger charge is -2.60. The van der Waals surface area contributed by atoms with Crippen molar-refractivity contribution in [1.82, 2.24) is 9.21 Å². The maximum Gasteiger partial charge on any atom is 0.228 e. The maximum absolute atomic E-state index is 13.5. The minimum absolute atomic E-state index is 0.0177. The van der Waals surface area contributed by atoms with E-state index in [2.05, 4.69) is 0 Å². The third-order valence-corrected chi connectivity index (χ3v) is 9.85. The Bertz CT molecular complexity index is 882. The number of benzene rings is 1. The van der Waals surface area contributed by atoms with Crippen LogP contribution in [0.15, 0.2) is 30.3 Å². The number of alkyl halides is 1. The van der Waals surface area contributed by atoms with E-state index in [0.29, 0.717) is 38.0 Å². The van der Waals surface area contributed by atoms with E-state index >= 15 is 0 Å². The van der Waals surface area contributed by atoms with Crippen molar-refractivity contribution in [1.29, 1.82) is 0 Å². The first-order valence-corrected chi connectivity index (χ1v) is 12.8. The van der Waals surface area contributed by atoms with Gasteiger partial charge in [-0.1, -0.05) is 30.3 Å². The standard InChI is InChI=1S/C22H29ClN2O3S/c23-22-13-18-10-19(14-22)12-21(11-18,16-22)20(26)24-6-8-25(9-7-24)29(27,28)15-17-4-2-1-3-5-17/h1-5,18-19H,6-16H2. The minimum Gasteiger partial charge on any atom is -0.340 e. The van der Waals surface area contributed by atoms with E-state index in [-0.39, 0.29) is 21.9 Å². The lowest BCUT2D eigenvalue weighted by molar-refractivity contribution is -0.157. The second-order valence-corrected chi connectivity index (χ2v) is 12.6. The molecule has 0 aromatic heterocycles. The Balaban J connectivity index is 1.25. The number of halogens is 1. The molecule has 2 unspecified atom stereocenters. The molecule has 158 valence electrons. The summed E-state index contributed by atoms with van der Waals surface area (Å²) < 4.78 is 27.1. The van der Waals surface area contributed by atoms with E-state index in [1.807, 2.05) is 35.2 Å². The second kappa shape index (κ2) is 6.96. The van der Waals surface area contributed by atoms with Crippen LogP contribution in [0.25, 0.3) is 0 Å². The molecule has 0 spiro atoms. The molecule has 5 nitrogen and oxygen atoms in total. The summed E-state index contributed by atoms with van der Waals surface area (Å²) in [5.41, 5.74) is 0.503. The first-order chi connectivity index (χ1) is 13.8. The zero-order chi connectivity index (χ0) is 20.3. The van der Waals surface area contributed by atoms with Crippen LogP contribution in [-0.4, -0.2) is 54.6 Å². The van der Waals surface area contributed by atoms with E-state index in [9.17, 15) is 13.2 Å². The molecule has 6 rings (SSSR count). The Kier molecular flexibility index (Phi) is 4.76. The number of hydrogen-bond donors (Lipinski definition) is 0. The average Bonchev–Trinajstić information content (AvgIpc) is 2.66.